The molecule has 0 aliphatic rings. The Hall–Kier alpha value is -1.77. The van der Waals surface area contributed by atoms with E-state index in [4.69, 9.17) is 5.26 Å². The van der Waals surface area contributed by atoms with E-state index in [1.54, 1.807) is 18.2 Å². The number of anilines is 1. The first kappa shape index (κ1) is 17.6. The molecule has 0 aliphatic carbocycles. The summed E-state index contributed by atoms with van der Waals surface area (Å²) in [5, 5.41) is 11.8. The number of nitriles is 1. The minimum Gasteiger partial charge on any atom is -0.326 e. The average molecular weight is 389 g/mol. The quantitative estimate of drug-likeness (QED) is 0.717. The standard InChI is InChI=1S/C18H17BrN2OS/c1-12-9-15(19)6-5-13(12)3-2-4-18(22)21-16-7-8-17(23)14(10-16)11-20/h5-10,23H,2-4H2,1H3,(H,21,22). The highest BCUT2D eigenvalue weighted by Crippen LogP contribution is 2.19. The van der Waals surface area contributed by atoms with Gasteiger partial charge < -0.3 is 5.32 Å². The van der Waals surface area contributed by atoms with Gasteiger partial charge >= 0.3 is 0 Å². The van der Waals surface area contributed by atoms with Gasteiger partial charge in [0, 0.05) is 21.5 Å². The van der Waals surface area contributed by atoms with Crippen LogP contribution in [0.5, 0.6) is 0 Å². The number of thiol groups is 1. The molecule has 3 nitrogen and oxygen atoms in total. The van der Waals surface area contributed by atoms with Crippen LogP contribution in [-0.2, 0) is 11.2 Å². The lowest BCUT2D eigenvalue weighted by atomic mass is 10.0. The molecule has 0 fully saturated rings. The van der Waals surface area contributed by atoms with E-state index in [1.807, 2.05) is 6.07 Å². The monoisotopic (exact) mass is 388 g/mol. The average Bonchev–Trinajstić information content (AvgIpc) is 2.51. The Morgan fingerprint density at radius 3 is 2.78 bits per heavy atom. The second-order valence-electron chi connectivity index (χ2n) is 5.32. The SMILES string of the molecule is Cc1cc(Br)ccc1CCCC(=O)Nc1ccc(S)c(C#N)c1. The predicted octanol–water partition coefficient (Wildman–Crippen LogP) is 4.88. The summed E-state index contributed by atoms with van der Waals surface area (Å²) in [5.41, 5.74) is 3.57. The Kier molecular flexibility index (Phi) is 6.26. The number of carbonyl (C=O) groups is 1. The number of rotatable bonds is 5. The maximum Gasteiger partial charge on any atom is 0.224 e. The van der Waals surface area contributed by atoms with Gasteiger partial charge in [0.1, 0.15) is 6.07 Å². The van der Waals surface area contributed by atoms with Gasteiger partial charge in [-0.2, -0.15) is 5.26 Å². The highest BCUT2D eigenvalue weighted by molar-refractivity contribution is 9.10. The molecule has 118 valence electrons. The van der Waals surface area contributed by atoms with Crippen molar-refractivity contribution in [2.75, 3.05) is 5.32 Å². The van der Waals surface area contributed by atoms with Crippen LogP contribution in [0.2, 0.25) is 0 Å². The van der Waals surface area contributed by atoms with Crippen molar-refractivity contribution in [1.82, 2.24) is 0 Å². The van der Waals surface area contributed by atoms with E-state index in [1.165, 1.54) is 11.1 Å². The third-order valence-electron chi connectivity index (χ3n) is 3.56. The van der Waals surface area contributed by atoms with E-state index in [-0.39, 0.29) is 5.91 Å². The molecular weight excluding hydrogens is 372 g/mol. The van der Waals surface area contributed by atoms with Gasteiger partial charge in [0.2, 0.25) is 5.91 Å². The van der Waals surface area contributed by atoms with Crippen molar-refractivity contribution in [2.24, 2.45) is 0 Å². The molecule has 2 aromatic rings. The number of nitrogens with one attached hydrogen (secondary N) is 1. The van der Waals surface area contributed by atoms with Crippen LogP contribution in [0, 0.1) is 18.3 Å². The van der Waals surface area contributed by atoms with E-state index in [9.17, 15) is 4.79 Å². The molecule has 0 heterocycles. The first-order chi connectivity index (χ1) is 11.0. The molecule has 2 rings (SSSR count). The van der Waals surface area contributed by atoms with E-state index in [2.05, 4.69) is 59.0 Å². The first-order valence-electron chi connectivity index (χ1n) is 7.27. The topological polar surface area (TPSA) is 52.9 Å². The normalized spacial score (nSPS) is 10.2. The summed E-state index contributed by atoms with van der Waals surface area (Å²) in [6.45, 7) is 2.07. The summed E-state index contributed by atoms with van der Waals surface area (Å²) >= 11 is 7.64. The van der Waals surface area contributed by atoms with Crippen molar-refractivity contribution < 1.29 is 4.79 Å². The van der Waals surface area contributed by atoms with Gasteiger partial charge in [-0.25, -0.2) is 0 Å². The zero-order valence-corrected chi connectivity index (χ0v) is 15.2. The zero-order valence-electron chi connectivity index (χ0n) is 12.8. The van der Waals surface area contributed by atoms with Gasteiger partial charge in [-0.1, -0.05) is 22.0 Å². The van der Waals surface area contributed by atoms with Crippen molar-refractivity contribution >= 4 is 40.2 Å². The Bertz CT molecular complexity index is 768. The summed E-state index contributed by atoms with van der Waals surface area (Å²) in [5.74, 6) is -0.0458. The molecule has 0 unspecified atom stereocenters. The molecular formula is C18H17BrN2OS. The summed E-state index contributed by atoms with van der Waals surface area (Å²) in [6, 6.07) is 13.3. The van der Waals surface area contributed by atoms with E-state index < -0.39 is 0 Å². The molecule has 0 spiro atoms. The highest BCUT2D eigenvalue weighted by Gasteiger charge is 2.06. The smallest absolute Gasteiger partial charge is 0.224 e. The third-order valence-corrected chi connectivity index (χ3v) is 4.44. The van der Waals surface area contributed by atoms with E-state index >= 15 is 0 Å². The van der Waals surface area contributed by atoms with Crippen molar-refractivity contribution in [2.45, 2.75) is 31.1 Å². The van der Waals surface area contributed by atoms with Crippen LogP contribution in [0.1, 0.15) is 29.5 Å². The lowest BCUT2D eigenvalue weighted by molar-refractivity contribution is -0.116. The van der Waals surface area contributed by atoms with Crippen LogP contribution in [0.3, 0.4) is 0 Å². The fraction of sp³-hybridized carbons (Fsp3) is 0.222. The second-order valence-corrected chi connectivity index (χ2v) is 6.71. The molecule has 0 bridgehead atoms. The summed E-state index contributed by atoms with van der Waals surface area (Å²) < 4.78 is 1.07. The van der Waals surface area contributed by atoms with E-state index in [0.29, 0.717) is 22.6 Å². The molecule has 2 aromatic carbocycles. The van der Waals surface area contributed by atoms with Crippen molar-refractivity contribution in [1.29, 1.82) is 5.26 Å². The van der Waals surface area contributed by atoms with Gasteiger partial charge in [0.15, 0.2) is 0 Å². The van der Waals surface area contributed by atoms with Crippen molar-refractivity contribution in [3.8, 4) is 6.07 Å². The van der Waals surface area contributed by atoms with Gasteiger partial charge in [0.25, 0.3) is 0 Å². The minimum absolute atomic E-state index is 0.0458. The van der Waals surface area contributed by atoms with Crippen molar-refractivity contribution in [3.05, 3.63) is 57.6 Å². The molecule has 0 atom stereocenters. The fourth-order valence-electron chi connectivity index (χ4n) is 2.31. The molecule has 23 heavy (non-hydrogen) atoms. The number of benzene rings is 2. The van der Waals surface area contributed by atoms with Crippen LogP contribution in [0.25, 0.3) is 0 Å². The van der Waals surface area contributed by atoms with Gasteiger partial charge in [-0.3, -0.25) is 4.79 Å². The Morgan fingerprint density at radius 1 is 1.30 bits per heavy atom. The zero-order chi connectivity index (χ0) is 16.8. The molecule has 0 aromatic heterocycles. The van der Waals surface area contributed by atoms with Crippen LogP contribution < -0.4 is 5.32 Å². The lowest BCUT2D eigenvalue weighted by Crippen LogP contribution is -2.11. The van der Waals surface area contributed by atoms with Crippen molar-refractivity contribution in [3.63, 3.8) is 0 Å². The third kappa shape index (κ3) is 5.12. The van der Waals surface area contributed by atoms with Gasteiger partial charge in [-0.15, -0.1) is 12.6 Å². The number of hydrogen-bond donors (Lipinski definition) is 2. The molecule has 0 aliphatic heterocycles. The Morgan fingerprint density at radius 2 is 2.09 bits per heavy atom. The molecule has 1 amide bonds. The Labute approximate surface area is 150 Å². The second kappa shape index (κ2) is 8.19. The molecule has 0 radical (unpaired) electrons. The maximum atomic E-state index is 12.0. The fourth-order valence-corrected chi connectivity index (χ4v) is 2.97. The first-order valence-corrected chi connectivity index (χ1v) is 8.51. The minimum atomic E-state index is -0.0458. The summed E-state index contributed by atoms with van der Waals surface area (Å²) in [4.78, 5) is 12.6. The van der Waals surface area contributed by atoms with Crippen LogP contribution >= 0.6 is 28.6 Å². The largest absolute Gasteiger partial charge is 0.326 e. The Balaban J connectivity index is 1.87. The summed E-state index contributed by atoms with van der Waals surface area (Å²) in [6.07, 6.45) is 2.09. The van der Waals surface area contributed by atoms with Gasteiger partial charge in [-0.05, 0) is 61.2 Å². The molecule has 5 heteroatoms. The summed E-state index contributed by atoms with van der Waals surface area (Å²) in [7, 11) is 0. The highest BCUT2D eigenvalue weighted by atomic mass is 79.9. The van der Waals surface area contributed by atoms with Gasteiger partial charge in [0.05, 0.1) is 5.56 Å². The maximum absolute atomic E-state index is 12.0. The number of hydrogen-bond acceptors (Lipinski definition) is 3. The molecule has 0 saturated heterocycles. The van der Waals surface area contributed by atoms with Crippen LogP contribution in [0.4, 0.5) is 5.69 Å². The molecule has 0 saturated carbocycles. The number of halogens is 1. The number of carbonyl (C=O) groups excluding carboxylic acids is 1. The van der Waals surface area contributed by atoms with Crippen LogP contribution in [0.15, 0.2) is 45.8 Å². The predicted molar refractivity (Wildman–Crippen MR) is 98.9 cm³/mol. The van der Waals surface area contributed by atoms with E-state index in [0.717, 1.165) is 17.3 Å². The number of nitrogens with zero attached hydrogens (tertiary/aromatic N) is 1. The molecule has 1 N–H and O–H groups in total. The van der Waals surface area contributed by atoms with Crippen LogP contribution in [-0.4, -0.2) is 5.91 Å². The lowest BCUT2D eigenvalue weighted by Gasteiger charge is -2.08. The number of aryl methyl sites for hydroxylation is 2. The number of amides is 1.